The topological polar surface area (TPSA) is 143 Å². The van der Waals surface area contributed by atoms with Gasteiger partial charge in [0.2, 0.25) is 11.8 Å². The molecule has 12 nitrogen and oxygen atoms in total. The Morgan fingerprint density at radius 2 is 1.62 bits per heavy atom. The van der Waals surface area contributed by atoms with Crippen molar-refractivity contribution in [3.63, 3.8) is 0 Å². The lowest BCUT2D eigenvalue weighted by Gasteiger charge is -2.51. The number of anilines is 1. The summed E-state index contributed by atoms with van der Waals surface area (Å²) in [5.74, 6) is -0.105. The van der Waals surface area contributed by atoms with Crippen molar-refractivity contribution in [1.29, 1.82) is 0 Å². The number of hydrazine groups is 1. The second-order valence-corrected chi connectivity index (χ2v) is 12.8. The summed E-state index contributed by atoms with van der Waals surface area (Å²) in [6.07, 6.45) is 7.10. The molecule has 0 radical (unpaired) electrons. The molecule has 1 saturated carbocycles. The number of carbonyl (C=O) groups excluding carboxylic acids is 4. The van der Waals surface area contributed by atoms with Crippen LogP contribution < -0.4 is 20.2 Å². The fourth-order valence-corrected chi connectivity index (χ4v) is 7.10. The third-order valence-electron chi connectivity index (χ3n) is 9.68. The van der Waals surface area contributed by atoms with Crippen LogP contribution in [0.5, 0.6) is 17.2 Å². The van der Waals surface area contributed by atoms with E-state index < -0.39 is 35.2 Å². The number of imide groups is 2. The fraction of sp³-hybridized carbons (Fsp3) is 0.278. The first-order chi connectivity index (χ1) is 23.2. The van der Waals surface area contributed by atoms with E-state index in [9.17, 15) is 19.2 Å². The Balaban J connectivity index is 1.13. The van der Waals surface area contributed by atoms with Crippen LogP contribution in [0, 0.1) is 0 Å². The molecular formula is C36H32N6O6. The molecule has 2 atom stereocenters. The highest BCUT2D eigenvalue weighted by Crippen LogP contribution is 2.43. The standard InChI is InChI=1S/C36H32N6O6/c1-36(22-4-9-26(10-5-22)48-28-18-37-20-38-19-28)17-21-2-7-25(8-3-21)47-27-15-24(16-27)42(36)40-23-6-11-29-30(14-23)35(46)41(34(29)45)31-12-13-32(43)39-33(31)44/h2-11,14,18-20,24,27,31,40H,12-13,15-17H2,1H3,(H,39,43,44)/t24?,27?,31-,36-/m1/s1. The zero-order valence-corrected chi connectivity index (χ0v) is 26.1. The zero-order chi connectivity index (χ0) is 33.0. The first kappa shape index (κ1) is 29.8. The molecule has 2 N–H and O–H groups in total. The molecule has 242 valence electrons. The molecule has 3 aromatic carbocycles. The van der Waals surface area contributed by atoms with Crippen molar-refractivity contribution < 1.29 is 28.7 Å². The summed E-state index contributed by atoms with van der Waals surface area (Å²) in [4.78, 5) is 60.3. The largest absolute Gasteiger partial charge is 0.490 e. The van der Waals surface area contributed by atoms with E-state index in [4.69, 9.17) is 9.47 Å². The summed E-state index contributed by atoms with van der Waals surface area (Å²) in [5, 5.41) is 4.49. The van der Waals surface area contributed by atoms with Gasteiger partial charge in [-0.1, -0.05) is 24.3 Å². The Bertz CT molecular complexity index is 1930. The molecule has 7 aliphatic rings. The van der Waals surface area contributed by atoms with Crippen molar-refractivity contribution in [2.24, 2.45) is 0 Å². The number of hydrogen-bond acceptors (Lipinski definition) is 10. The Morgan fingerprint density at radius 3 is 2.35 bits per heavy atom. The minimum Gasteiger partial charge on any atom is -0.490 e. The van der Waals surface area contributed by atoms with Crippen LogP contribution in [-0.2, 0) is 21.5 Å². The number of benzene rings is 3. The summed E-state index contributed by atoms with van der Waals surface area (Å²) in [5.41, 5.74) is 6.27. The number of ether oxygens (including phenoxy) is 2. The van der Waals surface area contributed by atoms with Gasteiger partial charge in [0.25, 0.3) is 11.8 Å². The van der Waals surface area contributed by atoms with Crippen LogP contribution in [0.3, 0.4) is 0 Å². The highest BCUT2D eigenvalue weighted by molar-refractivity contribution is 6.23. The molecule has 1 saturated heterocycles. The minimum atomic E-state index is -1.03. The van der Waals surface area contributed by atoms with Gasteiger partial charge < -0.3 is 14.9 Å². The van der Waals surface area contributed by atoms with Crippen molar-refractivity contribution >= 4 is 29.3 Å². The molecule has 1 aliphatic carbocycles. The SMILES string of the molecule is C[C@]1(c2ccc(Oc3cncnc3)cc2)Cc2ccc(cc2)OC2CC(C2)N1Nc1ccc2c(c1)C(=O)N([C@@H]1CCC(=O)NC1=O)C2=O. The third kappa shape index (κ3) is 5.23. The van der Waals surface area contributed by atoms with Crippen LogP contribution in [0.1, 0.15) is 64.4 Å². The van der Waals surface area contributed by atoms with E-state index >= 15 is 0 Å². The van der Waals surface area contributed by atoms with E-state index in [1.165, 1.54) is 6.33 Å². The number of carbonyl (C=O) groups is 4. The van der Waals surface area contributed by atoms with Crippen molar-refractivity contribution in [1.82, 2.24) is 25.2 Å². The number of nitrogens with zero attached hydrogens (tertiary/aromatic N) is 4. The summed E-state index contributed by atoms with van der Waals surface area (Å²) < 4.78 is 12.2. The monoisotopic (exact) mass is 644 g/mol. The van der Waals surface area contributed by atoms with Crippen LogP contribution in [0.4, 0.5) is 5.69 Å². The second-order valence-electron chi connectivity index (χ2n) is 12.8. The van der Waals surface area contributed by atoms with Gasteiger partial charge in [0.1, 0.15) is 30.0 Å². The summed E-state index contributed by atoms with van der Waals surface area (Å²) >= 11 is 0. The van der Waals surface area contributed by atoms with E-state index in [1.54, 1.807) is 30.6 Å². The Hall–Kier alpha value is -5.62. The van der Waals surface area contributed by atoms with Gasteiger partial charge in [-0.2, -0.15) is 0 Å². The van der Waals surface area contributed by atoms with E-state index in [0.29, 0.717) is 23.6 Å². The normalized spacial score (nSPS) is 25.0. The lowest BCUT2D eigenvalue weighted by atomic mass is 9.80. The molecule has 4 aromatic rings. The van der Waals surface area contributed by atoms with Crippen LogP contribution >= 0.6 is 0 Å². The van der Waals surface area contributed by atoms with E-state index in [-0.39, 0.29) is 36.1 Å². The zero-order valence-electron chi connectivity index (χ0n) is 26.1. The van der Waals surface area contributed by atoms with Gasteiger partial charge in [0.05, 0.1) is 29.1 Å². The Kier molecular flexibility index (Phi) is 7.17. The van der Waals surface area contributed by atoms with Crippen molar-refractivity contribution in [2.45, 2.75) is 62.8 Å². The number of amides is 4. The Morgan fingerprint density at radius 1 is 0.896 bits per heavy atom. The van der Waals surface area contributed by atoms with Gasteiger partial charge in [-0.15, -0.1) is 0 Å². The first-order valence-corrected chi connectivity index (χ1v) is 16.0. The van der Waals surface area contributed by atoms with Crippen LogP contribution in [-0.4, -0.2) is 61.7 Å². The second kappa shape index (κ2) is 11.6. The predicted molar refractivity (Wildman–Crippen MR) is 172 cm³/mol. The summed E-state index contributed by atoms with van der Waals surface area (Å²) in [7, 11) is 0. The van der Waals surface area contributed by atoms with Gasteiger partial charge in [-0.25, -0.2) is 15.0 Å². The number of hydrogen-bond donors (Lipinski definition) is 2. The maximum Gasteiger partial charge on any atom is 0.262 e. The van der Waals surface area contributed by atoms with Crippen molar-refractivity contribution in [3.05, 3.63) is 108 Å². The molecule has 48 heavy (non-hydrogen) atoms. The molecule has 4 bridgehead atoms. The predicted octanol–water partition coefficient (Wildman–Crippen LogP) is 4.38. The van der Waals surface area contributed by atoms with E-state index in [0.717, 1.165) is 34.6 Å². The lowest BCUT2D eigenvalue weighted by molar-refractivity contribution is -0.136. The molecule has 2 fully saturated rings. The molecule has 1 aromatic heterocycles. The molecule has 11 rings (SSSR count). The molecular weight excluding hydrogens is 612 g/mol. The summed E-state index contributed by atoms with van der Waals surface area (Å²) in [6, 6.07) is 20.3. The van der Waals surface area contributed by atoms with Crippen molar-refractivity contribution in [2.75, 3.05) is 5.43 Å². The maximum absolute atomic E-state index is 13.6. The number of rotatable bonds is 6. The van der Waals surface area contributed by atoms with E-state index in [2.05, 4.69) is 56.9 Å². The molecule has 0 unspecified atom stereocenters. The number of piperidine rings is 1. The quantitative estimate of drug-likeness (QED) is 0.290. The molecule has 4 amide bonds. The third-order valence-corrected chi connectivity index (χ3v) is 9.68. The van der Waals surface area contributed by atoms with Gasteiger partial charge in [0, 0.05) is 31.0 Å². The van der Waals surface area contributed by atoms with Crippen LogP contribution in [0.2, 0.25) is 0 Å². The van der Waals surface area contributed by atoms with E-state index in [1.807, 2.05) is 24.3 Å². The molecule has 0 spiro atoms. The van der Waals surface area contributed by atoms with Crippen molar-refractivity contribution in [3.8, 4) is 17.2 Å². The van der Waals surface area contributed by atoms with Gasteiger partial charge in [-0.3, -0.25) is 29.4 Å². The number of nitrogens with one attached hydrogen (secondary N) is 2. The number of aromatic nitrogens is 2. The van der Waals surface area contributed by atoms with Gasteiger partial charge >= 0.3 is 0 Å². The first-order valence-electron chi connectivity index (χ1n) is 16.0. The average Bonchev–Trinajstić information content (AvgIpc) is 3.28. The van der Waals surface area contributed by atoms with Gasteiger partial charge in [-0.05, 0) is 73.4 Å². The average molecular weight is 645 g/mol. The van der Waals surface area contributed by atoms with Crippen LogP contribution in [0.25, 0.3) is 0 Å². The molecule has 6 aliphatic heterocycles. The fourth-order valence-electron chi connectivity index (χ4n) is 7.10. The van der Waals surface area contributed by atoms with Gasteiger partial charge in [0.15, 0.2) is 5.75 Å². The highest BCUT2D eigenvalue weighted by atomic mass is 16.5. The lowest BCUT2D eigenvalue weighted by Crippen LogP contribution is -2.59. The molecule has 7 heterocycles. The van der Waals surface area contributed by atoms with Crippen LogP contribution in [0.15, 0.2) is 85.5 Å². The maximum atomic E-state index is 13.6. The number of fused-ring (bicyclic) bond motifs is 1. The molecule has 12 heteroatoms. The Labute approximate surface area is 276 Å². The highest BCUT2D eigenvalue weighted by Gasteiger charge is 2.47. The summed E-state index contributed by atoms with van der Waals surface area (Å²) in [6.45, 7) is 2.19. The smallest absolute Gasteiger partial charge is 0.262 e. The minimum absolute atomic E-state index is 0.0534.